The molecule has 1 unspecified atom stereocenters. The van der Waals surface area contributed by atoms with Crippen LogP contribution in [0, 0.1) is 12.7 Å². The van der Waals surface area contributed by atoms with E-state index < -0.39 is 15.8 Å². The number of carbonyl (C=O) groups excluding carboxylic acids is 1. The Morgan fingerprint density at radius 2 is 1.97 bits per heavy atom. The average molecular weight is 517 g/mol. The Bertz CT molecular complexity index is 1270. The van der Waals surface area contributed by atoms with Gasteiger partial charge in [0.1, 0.15) is 18.2 Å². The lowest BCUT2D eigenvalue weighted by Crippen LogP contribution is -2.48. The Kier molecular flexibility index (Phi) is 7.88. The molecule has 0 N–H and O–H groups in total. The van der Waals surface area contributed by atoms with Crippen molar-refractivity contribution in [3.63, 3.8) is 0 Å². The van der Waals surface area contributed by atoms with Crippen molar-refractivity contribution in [2.24, 2.45) is 0 Å². The fourth-order valence-corrected chi connectivity index (χ4v) is 6.65. The van der Waals surface area contributed by atoms with E-state index in [1.165, 1.54) is 21.3 Å². The molecule has 0 saturated carbocycles. The fraction of sp³-hybridized carbons (Fsp3) is 0.346. The lowest BCUT2D eigenvalue weighted by atomic mass is 10.0. The molecule has 6 nitrogen and oxygen atoms in total. The number of thiophene rings is 1. The summed E-state index contributed by atoms with van der Waals surface area (Å²) in [4.78, 5) is 16.6. The van der Waals surface area contributed by atoms with Gasteiger partial charge in [0.25, 0.3) is 0 Å². The van der Waals surface area contributed by atoms with E-state index in [-0.39, 0.29) is 36.5 Å². The quantitative estimate of drug-likeness (QED) is 0.410. The second-order valence-electron chi connectivity index (χ2n) is 8.57. The minimum Gasteiger partial charge on any atom is -0.491 e. The molecule has 0 bridgehead atoms. The largest absolute Gasteiger partial charge is 0.491 e. The molecule has 0 aliphatic carbocycles. The Balaban J connectivity index is 1.56. The van der Waals surface area contributed by atoms with Gasteiger partial charge >= 0.3 is 0 Å². The molecule has 0 saturated heterocycles. The third-order valence-electron chi connectivity index (χ3n) is 6.06. The Morgan fingerprint density at radius 1 is 1.20 bits per heavy atom. The minimum atomic E-state index is -3.83. The Morgan fingerprint density at radius 3 is 2.69 bits per heavy atom. The maximum atomic E-state index is 13.6. The highest BCUT2D eigenvalue weighted by Gasteiger charge is 2.35. The molecule has 1 atom stereocenters. The van der Waals surface area contributed by atoms with E-state index in [1.54, 1.807) is 52.6 Å². The first-order valence-electron chi connectivity index (χ1n) is 11.6. The molecule has 0 fully saturated rings. The molecular weight excluding hydrogens is 487 g/mol. The number of sulfonamides is 1. The normalized spacial score (nSPS) is 15.8. The van der Waals surface area contributed by atoms with Gasteiger partial charge in [0.2, 0.25) is 15.9 Å². The third-order valence-corrected chi connectivity index (χ3v) is 8.92. The molecular formula is C26H29FN2O4S2. The average Bonchev–Trinajstić information content (AvgIpc) is 3.31. The maximum absolute atomic E-state index is 13.6. The van der Waals surface area contributed by atoms with Crippen molar-refractivity contribution < 1.29 is 22.3 Å². The van der Waals surface area contributed by atoms with Gasteiger partial charge in [-0.05, 0) is 61.0 Å². The van der Waals surface area contributed by atoms with Crippen LogP contribution in [0.4, 0.5) is 4.39 Å². The van der Waals surface area contributed by atoms with E-state index in [2.05, 4.69) is 0 Å². The van der Waals surface area contributed by atoms with E-state index >= 15 is 0 Å². The highest BCUT2D eigenvalue weighted by molar-refractivity contribution is 7.89. The number of benzene rings is 2. The number of amides is 1. The van der Waals surface area contributed by atoms with Crippen LogP contribution in [0.25, 0.3) is 0 Å². The zero-order chi connectivity index (χ0) is 25.0. The number of ether oxygens (including phenoxy) is 1. The van der Waals surface area contributed by atoms with E-state index in [1.807, 2.05) is 25.3 Å². The molecule has 0 radical (unpaired) electrons. The molecule has 9 heteroatoms. The van der Waals surface area contributed by atoms with Crippen LogP contribution in [0.15, 0.2) is 64.9 Å². The van der Waals surface area contributed by atoms with Crippen LogP contribution in [0.5, 0.6) is 5.75 Å². The molecule has 2 aromatic carbocycles. The van der Waals surface area contributed by atoms with Crippen LogP contribution in [0.1, 0.15) is 35.4 Å². The van der Waals surface area contributed by atoms with E-state index in [0.29, 0.717) is 25.1 Å². The third kappa shape index (κ3) is 5.74. The first kappa shape index (κ1) is 25.3. The summed E-state index contributed by atoms with van der Waals surface area (Å²) in [6.45, 7) is 4.39. The summed E-state index contributed by atoms with van der Waals surface area (Å²) in [5.41, 5.74) is 1.96. The molecule has 1 aliphatic heterocycles. The predicted octanol–water partition coefficient (Wildman–Crippen LogP) is 4.80. The second kappa shape index (κ2) is 10.9. The topological polar surface area (TPSA) is 66.9 Å². The van der Waals surface area contributed by atoms with Crippen LogP contribution < -0.4 is 4.74 Å². The second-order valence-corrected chi connectivity index (χ2v) is 11.5. The molecule has 2 heterocycles. The van der Waals surface area contributed by atoms with Crippen molar-refractivity contribution in [2.45, 2.75) is 37.6 Å². The van der Waals surface area contributed by atoms with Crippen LogP contribution in [-0.4, -0.2) is 49.8 Å². The molecule has 0 spiro atoms. The molecule has 3 aromatic rings. The van der Waals surface area contributed by atoms with Crippen LogP contribution in [-0.2, 0) is 21.2 Å². The van der Waals surface area contributed by atoms with Gasteiger partial charge < -0.3 is 9.64 Å². The standard InChI is InChI=1S/C26H29FN2O4S2/c1-3-13-28(35(31,32)22-9-7-19(2)8-10-22)17-26(30)29-14-11-25-23(12-15-34-25)24(29)18-33-21-6-4-5-20(27)16-21/h4-10,12,15-16,24H,3,11,13-14,17-18H2,1-2H3. The molecule has 4 rings (SSSR count). The van der Waals surface area contributed by atoms with Crippen molar-refractivity contribution in [2.75, 3.05) is 26.2 Å². The maximum Gasteiger partial charge on any atom is 0.243 e. The smallest absolute Gasteiger partial charge is 0.243 e. The zero-order valence-electron chi connectivity index (χ0n) is 19.8. The van der Waals surface area contributed by atoms with Gasteiger partial charge in [-0.1, -0.05) is 30.7 Å². The molecule has 1 aromatic heterocycles. The number of rotatable bonds is 9. The van der Waals surface area contributed by atoms with Gasteiger partial charge in [-0.15, -0.1) is 11.3 Å². The lowest BCUT2D eigenvalue weighted by molar-refractivity contribution is -0.135. The lowest BCUT2D eigenvalue weighted by Gasteiger charge is -2.37. The predicted molar refractivity (Wildman–Crippen MR) is 135 cm³/mol. The number of halogens is 1. The van der Waals surface area contributed by atoms with Gasteiger partial charge in [0, 0.05) is 24.0 Å². The molecule has 186 valence electrons. The van der Waals surface area contributed by atoms with Gasteiger partial charge in [-0.25, -0.2) is 12.8 Å². The number of fused-ring (bicyclic) bond motifs is 1. The van der Waals surface area contributed by atoms with Crippen molar-refractivity contribution in [3.8, 4) is 5.75 Å². The fourth-order valence-electron chi connectivity index (χ4n) is 4.24. The summed E-state index contributed by atoms with van der Waals surface area (Å²) >= 11 is 1.63. The SMILES string of the molecule is CCCN(CC(=O)N1CCc2sccc2C1COc1cccc(F)c1)S(=O)(=O)c1ccc(C)cc1. The van der Waals surface area contributed by atoms with Crippen molar-refractivity contribution in [1.82, 2.24) is 9.21 Å². The summed E-state index contributed by atoms with van der Waals surface area (Å²) in [6.07, 6.45) is 1.28. The number of nitrogens with zero attached hydrogens (tertiary/aromatic N) is 2. The van der Waals surface area contributed by atoms with Gasteiger partial charge in [-0.3, -0.25) is 4.79 Å². The summed E-state index contributed by atoms with van der Waals surface area (Å²) in [5, 5.41) is 1.99. The van der Waals surface area contributed by atoms with E-state index in [0.717, 1.165) is 11.1 Å². The Labute approximate surface area is 210 Å². The van der Waals surface area contributed by atoms with Crippen molar-refractivity contribution in [3.05, 3.63) is 81.8 Å². The van der Waals surface area contributed by atoms with Crippen LogP contribution >= 0.6 is 11.3 Å². The van der Waals surface area contributed by atoms with Gasteiger partial charge in [-0.2, -0.15) is 4.31 Å². The van der Waals surface area contributed by atoms with Crippen molar-refractivity contribution >= 4 is 27.3 Å². The van der Waals surface area contributed by atoms with Crippen LogP contribution in [0.3, 0.4) is 0 Å². The highest BCUT2D eigenvalue weighted by Crippen LogP contribution is 2.34. The first-order valence-corrected chi connectivity index (χ1v) is 13.9. The summed E-state index contributed by atoms with van der Waals surface area (Å²) in [7, 11) is -3.83. The van der Waals surface area contributed by atoms with Crippen molar-refractivity contribution in [1.29, 1.82) is 0 Å². The molecule has 1 amide bonds. The first-order chi connectivity index (χ1) is 16.8. The Hall–Kier alpha value is -2.75. The summed E-state index contributed by atoms with van der Waals surface area (Å²) in [6, 6.07) is 14.1. The highest BCUT2D eigenvalue weighted by atomic mass is 32.2. The number of hydrogen-bond donors (Lipinski definition) is 0. The minimum absolute atomic E-state index is 0.150. The van der Waals surface area contributed by atoms with E-state index in [4.69, 9.17) is 4.74 Å². The number of carbonyl (C=O) groups is 1. The monoisotopic (exact) mass is 516 g/mol. The molecule has 35 heavy (non-hydrogen) atoms. The number of hydrogen-bond acceptors (Lipinski definition) is 5. The van der Waals surface area contributed by atoms with E-state index in [9.17, 15) is 17.6 Å². The summed E-state index contributed by atoms with van der Waals surface area (Å²) < 4.78 is 47.4. The molecule has 1 aliphatic rings. The number of aryl methyl sites for hydroxylation is 1. The summed E-state index contributed by atoms with van der Waals surface area (Å²) in [5.74, 6) is -0.292. The van der Waals surface area contributed by atoms with Gasteiger partial charge in [0.15, 0.2) is 0 Å². The van der Waals surface area contributed by atoms with Gasteiger partial charge in [0.05, 0.1) is 17.5 Å². The zero-order valence-corrected chi connectivity index (χ0v) is 21.4. The van der Waals surface area contributed by atoms with Crippen LogP contribution in [0.2, 0.25) is 0 Å².